The number of rotatable bonds is 4. The van der Waals surface area contributed by atoms with Crippen LogP contribution in [0.25, 0.3) is 0 Å². The van der Waals surface area contributed by atoms with Gasteiger partial charge in [-0.25, -0.2) is 0 Å². The van der Waals surface area contributed by atoms with Gasteiger partial charge in [-0.1, -0.05) is 28.1 Å². The van der Waals surface area contributed by atoms with E-state index in [4.69, 9.17) is 0 Å². The lowest BCUT2D eigenvalue weighted by Crippen LogP contribution is -2.35. The average molecular weight is 323 g/mol. The van der Waals surface area contributed by atoms with Crippen LogP contribution in [0.4, 0.5) is 0 Å². The summed E-state index contributed by atoms with van der Waals surface area (Å²) in [4.78, 5) is 2.70. The molecule has 1 aliphatic heterocycles. The van der Waals surface area contributed by atoms with E-state index in [-0.39, 0.29) is 0 Å². The minimum Gasteiger partial charge on any atom is -0.306 e. The van der Waals surface area contributed by atoms with Gasteiger partial charge in [0.15, 0.2) is 0 Å². The first-order chi connectivity index (χ1) is 9.13. The highest BCUT2D eigenvalue weighted by Crippen LogP contribution is 2.33. The fourth-order valence-corrected chi connectivity index (χ4v) is 3.56. The second-order valence-corrected chi connectivity index (χ2v) is 7.07. The zero-order valence-corrected chi connectivity index (χ0v) is 13.4. The summed E-state index contributed by atoms with van der Waals surface area (Å²) < 4.78 is 1.15. The lowest BCUT2D eigenvalue weighted by atomic mass is 10.1. The third kappa shape index (κ3) is 3.21. The molecule has 0 radical (unpaired) electrons. The first-order valence-electron chi connectivity index (χ1n) is 7.40. The van der Waals surface area contributed by atoms with E-state index in [1.807, 2.05) is 0 Å². The molecule has 3 rings (SSSR count). The molecule has 1 saturated carbocycles. The van der Waals surface area contributed by atoms with Gasteiger partial charge in [0.25, 0.3) is 0 Å². The Balaban J connectivity index is 1.57. The van der Waals surface area contributed by atoms with Crippen molar-refractivity contribution >= 4 is 15.9 Å². The zero-order chi connectivity index (χ0) is 13.4. The molecule has 0 spiro atoms. The van der Waals surface area contributed by atoms with E-state index in [9.17, 15) is 0 Å². The van der Waals surface area contributed by atoms with Crippen molar-refractivity contribution in [2.24, 2.45) is 0 Å². The van der Waals surface area contributed by atoms with Crippen LogP contribution in [0.2, 0.25) is 0 Å². The molecule has 1 aliphatic carbocycles. The second-order valence-electron chi connectivity index (χ2n) is 6.15. The maximum absolute atomic E-state index is 3.80. The summed E-state index contributed by atoms with van der Waals surface area (Å²) in [5, 5.41) is 3.80. The van der Waals surface area contributed by atoms with Gasteiger partial charge in [0, 0.05) is 35.2 Å². The Hall–Kier alpha value is -0.380. The first-order valence-corrected chi connectivity index (χ1v) is 8.20. The standard InChI is InChI=1S/C16H23BrN2/c1-11-9-15(10-19(11)16-7-8-16)18-12(2)13-3-5-14(17)6-4-13/h3-6,11-12,15-16,18H,7-10H2,1-2H3. The van der Waals surface area contributed by atoms with E-state index in [1.54, 1.807) is 0 Å². The number of benzene rings is 1. The fourth-order valence-electron chi connectivity index (χ4n) is 3.29. The van der Waals surface area contributed by atoms with E-state index in [2.05, 4.69) is 64.3 Å². The smallest absolute Gasteiger partial charge is 0.0294 e. The average Bonchev–Trinajstić information content (AvgIpc) is 3.15. The Labute approximate surface area is 124 Å². The van der Waals surface area contributed by atoms with E-state index in [1.165, 1.54) is 31.4 Å². The van der Waals surface area contributed by atoms with Gasteiger partial charge >= 0.3 is 0 Å². The molecule has 3 heteroatoms. The number of hydrogen-bond acceptors (Lipinski definition) is 2. The Kier molecular flexibility index (Phi) is 3.97. The van der Waals surface area contributed by atoms with Crippen LogP contribution in [0.5, 0.6) is 0 Å². The summed E-state index contributed by atoms with van der Waals surface area (Å²) in [6.45, 7) is 5.88. The molecule has 1 aromatic carbocycles. The van der Waals surface area contributed by atoms with Crippen molar-refractivity contribution in [2.75, 3.05) is 6.54 Å². The molecule has 3 unspecified atom stereocenters. The highest BCUT2D eigenvalue weighted by atomic mass is 79.9. The largest absolute Gasteiger partial charge is 0.306 e. The molecule has 19 heavy (non-hydrogen) atoms. The molecule has 3 atom stereocenters. The summed E-state index contributed by atoms with van der Waals surface area (Å²) in [5.41, 5.74) is 1.38. The van der Waals surface area contributed by atoms with Crippen molar-refractivity contribution in [2.45, 2.75) is 57.3 Å². The Morgan fingerprint density at radius 3 is 2.58 bits per heavy atom. The van der Waals surface area contributed by atoms with E-state index < -0.39 is 0 Å². The number of nitrogens with zero attached hydrogens (tertiary/aromatic N) is 1. The lowest BCUT2D eigenvalue weighted by molar-refractivity contribution is 0.254. The summed E-state index contributed by atoms with van der Waals surface area (Å²) in [5.74, 6) is 0. The number of likely N-dealkylation sites (tertiary alicyclic amines) is 1. The van der Waals surface area contributed by atoms with E-state index >= 15 is 0 Å². The van der Waals surface area contributed by atoms with Crippen LogP contribution in [0.1, 0.15) is 44.7 Å². The topological polar surface area (TPSA) is 15.3 Å². The molecule has 0 bridgehead atoms. The molecule has 2 fully saturated rings. The predicted octanol–water partition coefficient (Wildman–Crippen LogP) is 3.72. The van der Waals surface area contributed by atoms with Gasteiger partial charge in [0.1, 0.15) is 0 Å². The molecular formula is C16H23BrN2. The fraction of sp³-hybridized carbons (Fsp3) is 0.625. The van der Waals surface area contributed by atoms with Crippen molar-refractivity contribution in [3.8, 4) is 0 Å². The van der Waals surface area contributed by atoms with Gasteiger partial charge in [-0.2, -0.15) is 0 Å². The quantitative estimate of drug-likeness (QED) is 0.908. The van der Waals surface area contributed by atoms with Gasteiger partial charge in [-0.05, 0) is 50.8 Å². The highest BCUT2D eigenvalue weighted by molar-refractivity contribution is 9.10. The SMILES string of the molecule is CC(NC1CC(C)N(C2CC2)C1)c1ccc(Br)cc1. The Morgan fingerprint density at radius 2 is 1.95 bits per heavy atom. The second kappa shape index (κ2) is 5.55. The van der Waals surface area contributed by atoms with Gasteiger partial charge in [-0.15, -0.1) is 0 Å². The third-order valence-corrected chi connectivity index (χ3v) is 5.02. The number of nitrogens with one attached hydrogen (secondary N) is 1. The molecule has 104 valence electrons. The predicted molar refractivity (Wildman–Crippen MR) is 83.3 cm³/mol. The summed E-state index contributed by atoms with van der Waals surface area (Å²) in [6.07, 6.45) is 4.12. The molecule has 0 aromatic heterocycles. The van der Waals surface area contributed by atoms with Crippen LogP contribution < -0.4 is 5.32 Å². The van der Waals surface area contributed by atoms with Crippen molar-refractivity contribution in [3.05, 3.63) is 34.3 Å². The summed E-state index contributed by atoms with van der Waals surface area (Å²) in [7, 11) is 0. The van der Waals surface area contributed by atoms with Crippen LogP contribution in [-0.2, 0) is 0 Å². The molecule has 2 aliphatic rings. The molecule has 1 aromatic rings. The van der Waals surface area contributed by atoms with Crippen LogP contribution in [0.15, 0.2) is 28.7 Å². The number of halogens is 1. The molecular weight excluding hydrogens is 300 g/mol. The molecule has 1 heterocycles. The van der Waals surface area contributed by atoms with E-state index in [0.29, 0.717) is 12.1 Å². The van der Waals surface area contributed by atoms with Gasteiger partial charge in [-0.3, -0.25) is 4.90 Å². The van der Waals surface area contributed by atoms with Crippen LogP contribution in [-0.4, -0.2) is 29.6 Å². The van der Waals surface area contributed by atoms with Crippen LogP contribution >= 0.6 is 15.9 Å². The Bertz CT molecular complexity index is 427. The minimum absolute atomic E-state index is 0.435. The Morgan fingerprint density at radius 1 is 1.26 bits per heavy atom. The molecule has 1 N–H and O–H groups in total. The van der Waals surface area contributed by atoms with Crippen molar-refractivity contribution in [3.63, 3.8) is 0 Å². The molecule has 2 nitrogen and oxygen atoms in total. The highest BCUT2D eigenvalue weighted by Gasteiger charge is 2.38. The van der Waals surface area contributed by atoms with Gasteiger partial charge < -0.3 is 5.32 Å². The normalized spacial score (nSPS) is 29.6. The zero-order valence-electron chi connectivity index (χ0n) is 11.8. The van der Waals surface area contributed by atoms with Gasteiger partial charge in [0.2, 0.25) is 0 Å². The monoisotopic (exact) mass is 322 g/mol. The van der Waals surface area contributed by atoms with Crippen LogP contribution in [0, 0.1) is 0 Å². The summed E-state index contributed by atoms with van der Waals surface area (Å²) >= 11 is 3.49. The van der Waals surface area contributed by atoms with Crippen molar-refractivity contribution in [1.29, 1.82) is 0 Å². The van der Waals surface area contributed by atoms with Crippen molar-refractivity contribution in [1.82, 2.24) is 10.2 Å². The number of hydrogen-bond donors (Lipinski definition) is 1. The summed E-state index contributed by atoms with van der Waals surface area (Å²) in [6, 6.07) is 11.4. The van der Waals surface area contributed by atoms with E-state index in [0.717, 1.165) is 16.6 Å². The third-order valence-electron chi connectivity index (χ3n) is 4.49. The molecule has 0 amide bonds. The maximum Gasteiger partial charge on any atom is 0.0294 e. The van der Waals surface area contributed by atoms with Gasteiger partial charge in [0.05, 0.1) is 0 Å². The van der Waals surface area contributed by atoms with Crippen LogP contribution in [0.3, 0.4) is 0 Å². The van der Waals surface area contributed by atoms with Crippen molar-refractivity contribution < 1.29 is 0 Å². The molecule has 1 saturated heterocycles. The first kappa shape index (κ1) is 13.6. The lowest BCUT2D eigenvalue weighted by Gasteiger charge is -2.21. The maximum atomic E-state index is 3.80. The minimum atomic E-state index is 0.435.